The zero-order chi connectivity index (χ0) is 38.1. The zero-order valence-corrected chi connectivity index (χ0v) is 34.9. The minimum absolute atomic E-state index is 0.0691. The number of fused-ring (bicyclic) bond motifs is 4. The molecule has 4 bridgehead atoms. The summed E-state index contributed by atoms with van der Waals surface area (Å²) in [6, 6.07) is 0. The molecular formula is C43H70N2O8. The van der Waals surface area contributed by atoms with Crippen LogP contribution in [-0.4, -0.2) is 74.6 Å². The smallest absolute Gasteiger partial charge is 0.371 e. The van der Waals surface area contributed by atoms with E-state index < -0.39 is 34.0 Å². The Morgan fingerprint density at radius 3 is 1.68 bits per heavy atom. The maximum absolute atomic E-state index is 14.1. The lowest BCUT2D eigenvalue weighted by molar-refractivity contribution is -0.487. The summed E-state index contributed by atoms with van der Waals surface area (Å²) in [6.07, 6.45) is 9.59. The van der Waals surface area contributed by atoms with Crippen molar-refractivity contribution in [1.82, 2.24) is 4.90 Å². The lowest BCUT2D eigenvalue weighted by atomic mass is 9.55. The number of nitrogens with zero attached hydrogens (tertiary/aromatic N) is 2. The van der Waals surface area contributed by atoms with Gasteiger partial charge in [0.15, 0.2) is 0 Å². The Bertz CT molecular complexity index is 1440. The van der Waals surface area contributed by atoms with Crippen LogP contribution in [0.2, 0.25) is 0 Å². The first kappa shape index (κ1) is 38.6. The van der Waals surface area contributed by atoms with Crippen LogP contribution in [0.1, 0.15) is 154 Å². The molecule has 1 amide bonds. The Labute approximate surface area is 318 Å². The monoisotopic (exact) mass is 743 g/mol. The predicted octanol–water partition coefficient (Wildman–Crippen LogP) is 9.19. The second-order valence-electron chi connectivity index (χ2n) is 21.7. The summed E-state index contributed by atoms with van der Waals surface area (Å²) in [6.45, 7) is 26.0. The summed E-state index contributed by atoms with van der Waals surface area (Å²) in [5.41, 5.74) is -1.84. The largest absolute Gasteiger partial charge is 0.436 e. The topological polar surface area (TPSA) is 97.3 Å². The van der Waals surface area contributed by atoms with Crippen molar-refractivity contribution in [2.75, 3.05) is 0 Å². The van der Waals surface area contributed by atoms with Crippen LogP contribution in [0, 0.1) is 47.3 Å². The second-order valence-corrected chi connectivity index (χ2v) is 21.7. The third kappa shape index (κ3) is 5.99. The molecule has 6 aliphatic heterocycles. The molecule has 53 heavy (non-hydrogen) atoms. The first-order valence-electron chi connectivity index (χ1n) is 21.4. The lowest BCUT2D eigenvalue weighted by Gasteiger charge is -2.62. The second kappa shape index (κ2) is 12.9. The van der Waals surface area contributed by atoms with Gasteiger partial charge in [-0.05, 0) is 154 Å². The number of carbonyl (C=O) groups is 1. The van der Waals surface area contributed by atoms with Crippen LogP contribution in [-0.2, 0) is 33.9 Å². The van der Waals surface area contributed by atoms with E-state index in [1.54, 1.807) is 4.90 Å². The summed E-state index contributed by atoms with van der Waals surface area (Å²) in [5.74, 6) is 2.66. The highest BCUT2D eigenvalue weighted by atomic mass is 17.2. The fourth-order valence-corrected chi connectivity index (χ4v) is 13.7. The Morgan fingerprint density at radius 1 is 0.679 bits per heavy atom. The molecule has 6 saturated heterocycles. The number of hydrogen-bond donors (Lipinski definition) is 0. The van der Waals surface area contributed by atoms with Crippen molar-refractivity contribution >= 4 is 11.8 Å². The number of oxime groups is 1. The van der Waals surface area contributed by atoms with Crippen LogP contribution in [0.25, 0.3) is 0 Å². The van der Waals surface area contributed by atoms with E-state index in [4.69, 9.17) is 39.0 Å². The van der Waals surface area contributed by atoms with Gasteiger partial charge in [-0.3, -0.25) is 9.74 Å². The standard InChI is InChI=1S/C43H70N2O8/c1-24-13-15-30-26(3)33(47-34-22-40(11)19-17-28(24)42(30,34)52-50-40)21-32(44-49-37(46)45(38(5,6)7)39(8,9)10)36-27(4)31-16-14-25(2)29-18-20-41(12)23-35(48-36)43(29,31)53-51-41/h24-31,33-36H,13-23H2,1-12H3/b44-32-/t24-,25-,26-,27-,28+,29+,30+,31+,33-,34-,35-,36+,40+,41+,42-,43-/m1/s1. The van der Waals surface area contributed by atoms with Crippen LogP contribution < -0.4 is 0 Å². The van der Waals surface area contributed by atoms with Gasteiger partial charge in [0.25, 0.3) is 0 Å². The number of carbonyl (C=O) groups excluding carboxylic acids is 1. The molecule has 0 aromatic heterocycles. The zero-order valence-electron chi connectivity index (χ0n) is 34.9. The molecule has 6 heterocycles. The SMILES string of the molecule is C[C@H]1[C@@H](/C(C[C@H]2O[C@@H]3C[C@]4(C)CC[C@H]5[C@H](C)CC[C@@H]([C@H]2C)[C@@]35OO4)=N\OC(=O)N(C(C)(C)C)C(C)(C)C)O[C@@H]2C[C@]3(C)CC[C@H]4[C@H](C)CC[C@@H]1[C@@]24OO3. The molecule has 16 atom stereocenters. The van der Waals surface area contributed by atoms with E-state index in [1.165, 1.54) is 6.42 Å². The van der Waals surface area contributed by atoms with Gasteiger partial charge < -0.3 is 9.47 Å². The average molecular weight is 743 g/mol. The molecule has 2 spiro atoms. The molecule has 0 N–H and O–H groups in total. The summed E-state index contributed by atoms with van der Waals surface area (Å²) >= 11 is 0. The molecular weight excluding hydrogens is 672 g/mol. The Morgan fingerprint density at radius 2 is 1.17 bits per heavy atom. The van der Waals surface area contributed by atoms with Crippen molar-refractivity contribution in [2.24, 2.45) is 52.5 Å². The van der Waals surface area contributed by atoms with E-state index in [-0.39, 0.29) is 47.8 Å². The van der Waals surface area contributed by atoms with Gasteiger partial charge in [-0.1, -0.05) is 32.9 Å². The van der Waals surface area contributed by atoms with Crippen LogP contribution in [0.4, 0.5) is 4.79 Å². The van der Waals surface area contributed by atoms with Crippen molar-refractivity contribution in [3.8, 4) is 0 Å². The average Bonchev–Trinajstić information content (AvgIpc) is 3.43. The molecule has 0 unspecified atom stereocenters. The summed E-state index contributed by atoms with van der Waals surface area (Å²) in [5, 5.41) is 4.90. The molecule has 10 fully saturated rings. The van der Waals surface area contributed by atoms with Crippen molar-refractivity contribution in [3.05, 3.63) is 0 Å². The number of ether oxygens (including phenoxy) is 2. The van der Waals surface area contributed by atoms with Crippen LogP contribution in [0.15, 0.2) is 5.16 Å². The van der Waals surface area contributed by atoms with Gasteiger partial charge in [-0.2, -0.15) is 0 Å². The molecule has 10 heteroatoms. The van der Waals surface area contributed by atoms with Gasteiger partial charge in [0.2, 0.25) is 0 Å². The fourth-order valence-electron chi connectivity index (χ4n) is 13.7. The van der Waals surface area contributed by atoms with Gasteiger partial charge in [-0.15, -0.1) is 0 Å². The molecule has 0 aromatic carbocycles. The van der Waals surface area contributed by atoms with E-state index in [0.29, 0.717) is 36.0 Å². The van der Waals surface area contributed by atoms with E-state index in [9.17, 15) is 4.79 Å². The van der Waals surface area contributed by atoms with E-state index in [2.05, 4.69) is 41.5 Å². The van der Waals surface area contributed by atoms with Gasteiger partial charge in [0, 0.05) is 30.3 Å². The maximum Gasteiger partial charge on any atom is 0.436 e. The molecule has 10 nitrogen and oxygen atoms in total. The minimum Gasteiger partial charge on any atom is -0.371 e. The minimum atomic E-state index is -0.484. The molecule has 300 valence electrons. The van der Waals surface area contributed by atoms with Crippen molar-refractivity contribution in [1.29, 1.82) is 0 Å². The number of hydrogen-bond acceptors (Lipinski definition) is 9. The van der Waals surface area contributed by atoms with Gasteiger partial charge in [0.05, 0.1) is 24.0 Å². The number of rotatable bonds is 4. The first-order valence-corrected chi connectivity index (χ1v) is 21.4. The summed E-state index contributed by atoms with van der Waals surface area (Å²) in [4.78, 5) is 47.8. The van der Waals surface area contributed by atoms with E-state index in [0.717, 1.165) is 63.5 Å². The molecule has 4 saturated carbocycles. The van der Waals surface area contributed by atoms with Crippen molar-refractivity contribution in [2.45, 2.75) is 212 Å². The third-order valence-electron chi connectivity index (χ3n) is 16.0. The predicted molar refractivity (Wildman–Crippen MR) is 201 cm³/mol. The molecule has 0 aromatic rings. The van der Waals surface area contributed by atoms with Gasteiger partial charge in [0.1, 0.15) is 28.5 Å². The van der Waals surface area contributed by atoms with Gasteiger partial charge >= 0.3 is 6.09 Å². The van der Waals surface area contributed by atoms with Crippen molar-refractivity contribution in [3.63, 3.8) is 0 Å². The van der Waals surface area contributed by atoms with Crippen LogP contribution in [0.3, 0.4) is 0 Å². The van der Waals surface area contributed by atoms with E-state index in [1.807, 2.05) is 41.5 Å². The highest BCUT2D eigenvalue weighted by molar-refractivity contribution is 5.90. The summed E-state index contributed by atoms with van der Waals surface area (Å²) < 4.78 is 14.7. The third-order valence-corrected chi connectivity index (χ3v) is 16.0. The molecule has 0 radical (unpaired) electrons. The van der Waals surface area contributed by atoms with Crippen LogP contribution in [0.5, 0.6) is 0 Å². The fraction of sp³-hybridized carbons (Fsp3) is 0.953. The maximum atomic E-state index is 14.1. The number of amides is 1. The highest BCUT2D eigenvalue weighted by Gasteiger charge is 2.70. The molecule has 10 aliphatic rings. The highest BCUT2D eigenvalue weighted by Crippen LogP contribution is 2.64. The van der Waals surface area contributed by atoms with E-state index >= 15 is 0 Å². The molecule has 4 aliphatic carbocycles. The van der Waals surface area contributed by atoms with Gasteiger partial charge in [-0.25, -0.2) is 24.3 Å². The normalized spacial score (nSPS) is 50.8. The summed E-state index contributed by atoms with van der Waals surface area (Å²) in [7, 11) is 0. The Balaban J connectivity index is 1.16. The Hall–Kier alpha value is -1.30. The molecule has 10 rings (SSSR count). The lowest BCUT2D eigenvalue weighted by Crippen LogP contribution is -2.71. The van der Waals surface area contributed by atoms with Crippen LogP contribution >= 0.6 is 0 Å². The first-order chi connectivity index (χ1) is 24.7. The Kier molecular flexibility index (Phi) is 9.35. The van der Waals surface area contributed by atoms with Crippen molar-refractivity contribution < 1.29 is 38.7 Å². The quantitative estimate of drug-likeness (QED) is 0.122.